The van der Waals surface area contributed by atoms with Gasteiger partial charge in [0, 0.05) is 11.5 Å². The molecule has 3 aromatic carbocycles. The fraction of sp³-hybridized carbons (Fsp3) is 0.185. The van der Waals surface area contributed by atoms with E-state index in [-0.39, 0.29) is 17.1 Å². The predicted octanol–water partition coefficient (Wildman–Crippen LogP) is 8.72. The van der Waals surface area contributed by atoms with E-state index in [0.717, 1.165) is 23.3 Å². The number of rotatable bonds is 6. The van der Waals surface area contributed by atoms with E-state index in [1.54, 1.807) is 0 Å². The van der Waals surface area contributed by atoms with E-state index in [4.69, 9.17) is 0 Å². The van der Waals surface area contributed by atoms with E-state index in [1.807, 2.05) is 31.2 Å². The molecule has 2 nitrogen and oxygen atoms in total. The molecule has 194 valence electrons. The fourth-order valence-corrected chi connectivity index (χ4v) is 3.89. The minimum atomic E-state index is -5.00. The largest absolute Gasteiger partial charge is 0.573 e. The van der Waals surface area contributed by atoms with Gasteiger partial charge in [0.2, 0.25) is 0 Å². The third-order valence-corrected chi connectivity index (χ3v) is 5.63. The van der Waals surface area contributed by atoms with Gasteiger partial charge < -0.3 is 9.47 Å². The van der Waals surface area contributed by atoms with Gasteiger partial charge in [-0.1, -0.05) is 35.9 Å². The third kappa shape index (κ3) is 6.12. The quantitative estimate of drug-likeness (QED) is 0.299. The summed E-state index contributed by atoms with van der Waals surface area (Å²) in [6.45, 7) is 1.91. The average Bonchev–Trinajstić information content (AvgIpc) is 2.79. The summed E-state index contributed by atoms with van der Waals surface area (Å²) in [5.74, 6) is -5.81. The highest BCUT2D eigenvalue weighted by Crippen LogP contribution is 2.40. The van der Waals surface area contributed by atoms with E-state index in [0.29, 0.717) is 30.7 Å². The molecule has 1 aliphatic carbocycles. The minimum Gasteiger partial charge on any atom is -0.429 e. The molecule has 0 radical (unpaired) electrons. The van der Waals surface area contributed by atoms with Crippen molar-refractivity contribution >= 4 is 5.57 Å². The van der Waals surface area contributed by atoms with Gasteiger partial charge in [0.15, 0.2) is 0 Å². The van der Waals surface area contributed by atoms with E-state index >= 15 is 0 Å². The molecule has 1 aliphatic rings. The lowest BCUT2D eigenvalue weighted by atomic mass is 9.87. The Kier molecular flexibility index (Phi) is 7.03. The summed E-state index contributed by atoms with van der Waals surface area (Å²) in [6, 6.07) is 11.4. The van der Waals surface area contributed by atoms with Gasteiger partial charge in [-0.2, -0.15) is 8.78 Å². The summed E-state index contributed by atoms with van der Waals surface area (Å²) >= 11 is 0. The maximum atomic E-state index is 14.9. The zero-order chi connectivity index (χ0) is 27.0. The molecule has 0 heterocycles. The first-order valence-corrected chi connectivity index (χ1v) is 10.9. The van der Waals surface area contributed by atoms with Gasteiger partial charge in [-0.05, 0) is 66.9 Å². The van der Waals surface area contributed by atoms with E-state index in [1.165, 1.54) is 12.2 Å². The first-order valence-electron chi connectivity index (χ1n) is 10.9. The number of alkyl halides is 5. The van der Waals surface area contributed by atoms with Crippen molar-refractivity contribution in [1.29, 1.82) is 0 Å². The second kappa shape index (κ2) is 9.91. The fourth-order valence-electron chi connectivity index (χ4n) is 3.89. The van der Waals surface area contributed by atoms with Gasteiger partial charge in [0.1, 0.15) is 34.5 Å². The molecular weight excluding hydrogens is 508 g/mol. The molecule has 0 amide bonds. The smallest absolute Gasteiger partial charge is 0.429 e. The predicted molar refractivity (Wildman–Crippen MR) is 120 cm³/mol. The van der Waals surface area contributed by atoms with Crippen molar-refractivity contribution in [2.45, 2.75) is 31.7 Å². The molecule has 1 atom stereocenters. The highest BCUT2D eigenvalue weighted by atomic mass is 19.4. The molecule has 10 heteroatoms. The summed E-state index contributed by atoms with van der Waals surface area (Å²) in [6.07, 6.45) is -6.47. The Bertz CT molecular complexity index is 1320. The highest BCUT2D eigenvalue weighted by molar-refractivity contribution is 5.78. The van der Waals surface area contributed by atoms with Crippen LogP contribution in [0.3, 0.4) is 0 Å². The second-order valence-electron chi connectivity index (χ2n) is 8.34. The molecule has 0 saturated heterocycles. The molecule has 0 bridgehead atoms. The number of hydrogen-bond acceptors (Lipinski definition) is 2. The summed E-state index contributed by atoms with van der Waals surface area (Å²) < 4.78 is 118. The van der Waals surface area contributed by atoms with Crippen LogP contribution in [0.2, 0.25) is 0 Å². The number of halogens is 8. The molecule has 1 unspecified atom stereocenters. The van der Waals surface area contributed by atoms with E-state index < -0.39 is 47.0 Å². The van der Waals surface area contributed by atoms with Gasteiger partial charge in [-0.25, -0.2) is 13.2 Å². The standard InChI is InChI=1S/C27H18F8O2/c1-15-2-4-16(5-3-15)17-6-11-21(22(28)12-17)18-13-23(29)25(24(30)14-18)26(31,32)36-19-7-9-20(10-8-19)37-27(33,34)35/h2-5,7-14,17H,6H2,1H3. The average molecular weight is 526 g/mol. The lowest BCUT2D eigenvalue weighted by Gasteiger charge is -2.22. The van der Waals surface area contributed by atoms with Crippen molar-refractivity contribution in [3.63, 3.8) is 0 Å². The normalized spacial score (nSPS) is 16.2. The third-order valence-electron chi connectivity index (χ3n) is 5.63. The van der Waals surface area contributed by atoms with Gasteiger partial charge >= 0.3 is 12.5 Å². The Morgan fingerprint density at radius 1 is 0.757 bits per heavy atom. The molecule has 0 aliphatic heterocycles. The Morgan fingerprint density at radius 3 is 1.81 bits per heavy atom. The van der Waals surface area contributed by atoms with Gasteiger partial charge in [0.25, 0.3) is 0 Å². The van der Waals surface area contributed by atoms with Crippen LogP contribution < -0.4 is 9.47 Å². The molecule has 3 aromatic rings. The summed E-state index contributed by atoms with van der Waals surface area (Å²) in [5.41, 5.74) is -0.278. The monoisotopic (exact) mass is 526 g/mol. The maximum Gasteiger partial charge on any atom is 0.573 e. The van der Waals surface area contributed by atoms with Crippen molar-refractivity contribution in [2.75, 3.05) is 0 Å². The maximum absolute atomic E-state index is 14.9. The topological polar surface area (TPSA) is 18.5 Å². The van der Waals surface area contributed by atoms with Crippen molar-refractivity contribution < 1.29 is 44.6 Å². The van der Waals surface area contributed by atoms with Crippen LogP contribution in [0.4, 0.5) is 35.1 Å². The Hall–Kier alpha value is -3.82. The summed E-state index contributed by atoms with van der Waals surface area (Å²) in [7, 11) is 0. The van der Waals surface area contributed by atoms with Crippen molar-refractivity contribution in [2.24, 2.45) is 0 Å². The minimum absolute atomic E-state index is 0.141. The Morgan fingerprint density at radius 2 is 1.30 bits per heavy atom. The van der Waals surface area contributed by atoms with Crippen LogP contribution in [-0.2, 0) is 6.11 Å². The number of benzene rings is 3. The second-order valence-corrected chi connectivity index (χ2v) is 8.34. The van der Waals surface area contributed by atoms with Crippen molar-refractivity contribution in [3.05, 3.63) is 113 Å². The molecule has 4 rings (SSSR count). The first-order chi connectivity index (χ1) is 17.3. The SMILES string of the molecule is Cc1ccc(C2C=C(F)C(c3cc(F)c(C(F)(F)Oc4ccc(OC(F)(F)F)cc4)c(F)c3)=CC2)cc1. The Labute approximate surface area is 206 Å². The number of allylic oxidation sites excluding steroid dienone is 4. The van der Waals surface area contributed by atoms with E-state index in [9.17, 15) is 35.1 Å². The van der Waals surface area contributed by atoms with E-state index in [2.05, 4.69) is 9.47 Å². The molecule has 0 saturated carbocycles. The Balaban J connectivity index is 1.54. The molecular formula is C27H18F8O2. The van der Waals surface area contributed by atoms with Crippen LogP contribution in [0.1, 0.15) is 34.6 Å². The molecule has 0 fully saturated rings. The highest BCUT2D eigenvalue weighted by Gasteiger charge is 2.41. The van der Waals surface area contributed by atoms with Crippen LogP contribution in [0.25, 0.3) is 5.57 Å². The van der Waals surface area contributed by atoms with Gasteiger partial charge in [0.05, 0.1) is 0 Å². The molecule has 37 heavy (non-hydrogen) atoms. The first kappa shape index (κ1) is 26.2. The van der Waals surface area contributed by atoms with Gasteiger partial charge in [-0.3, -0.25) is 0 Å². The van der Waals surface area contributed by atoms with Crippen LogP contribution in [0, 0.1) is 18.6 Å². The summed E-state index contributed by atoms with van der Waals surface area (Å²) in [4.78, 5) is 0. The number of aryl methyl sites for hydroxylation is 1. The lowest BCUT2D eigenvalue weighted by Crippen LogP contribution is -2.25. The van der Waals surface area contributed by atoms with Crippen molar-refractivity contribution in [3.8, 4) is 11.5 Å². The lowest BCUT2D eigenvalue weighted by molar-refractivity contribution is -0.274. The zero-order valence-electron chi connectivity index (χ0n) is 19.1. The van der Waals surface area contributed by atoms with Crippen LogP contribution in [-0.4, -0.2) is 6.36 Å². The van der Waals surface area contributed by atoms with Crippen molar-refractivity contribution in [1.82, 2.24) is 0 Å². The number of hydrogen-bond donors (Lipinski definition) is 0. The molecule has 0 N–H and O–H groups in total. The number of ether oxygens (including phenoxy) is 2. The molecule has 0 spiro atoms. The van der Waals surface area contributed by atoms with Crippen LogP contribution in [0.15, 0.2) is 78.6 Å². The zero-order valence-corrected chi connectivity index (χ0v) is 19.1. The molecule has 0 aromatic heterocycles. The van der Waals surface area contributed by atoms with Crippen LogP contribution >= 0.6 is 0 Å². The summed E-state index contributed by atoms with van der Waals surface area (Å²) in [5, 5.41) is 0. The van der Waals surface area contributed by atoms with Gasteiger partial charge in [-0.15, -0.1) is 13.2 Å². The van der Waals surface area contributed by atoms with Crippen LogP contribution in [0.5, 0.6) is 11.5 Å².